The second kappa shape index (κ2) is 7.21. The van der Waals surface area contributed by atoms with Gasteiger partial charge in [-0.15, -0.1) is 0 Å². The Morgan fingerprint density at radius 2 is 2.36 bits per heavy atom. The highest BCUT2D eigenvalue weighted by Crippen LogP contribution is 2.04. The largest absolute Gasteiger partial charge is 0.379 e. The fourth-order valence-electron chi connectivity index (χ4n) is 1.54. The van der Waals surface area contributed by atoms with Gasteiger partial charge in [0.2, 0.25) is 0 Å². The van der Waals surface area contributed by atoms with Gasteiger partial charge in [0.05, 0.1) is 19.3 Å². The zero-order chi connectivity index (χ0) is 10.2. The Labute approximate surface area is 87.2 Å². The molecule has 1 fully saturated rings. The summed E-state index contributed by atoms with van der Waals surface area (Å²) in [5.41, 5.74) is 0. The molecule has 0 bridgehead atoms. The van der Waals surface area contributed by atoms with E-state index in [1.54, 1.807) is 0 Å². The first kappa shape index (κ1) is 12.0. The summed E-state index contributed by atoms with van der Waals surface area (Å²) >= 11 is 0. The van der Waals surface area contributed by atoms with E-state index in [9.17, 15) is 0 Å². The van der Waals surface area contributed by atoms with E-state index in [4.69, 9.17) is 9.47 Å². The molecule has 0 aromatic rings. The van der Waals surface area contributed by atoms with E-state index in [0.717, 1.165) is 45.2 Å². The average Bonchev–Trinajstić information content (AvgIpc) is 2.18. The zero-order valence-electron chi connectivity index (χ0n) is 9.42. The number of nitrogens with one attached hydrogen (secondary N) is 1. The maximum atomic E-state index is 5.56. The molecule has 1 aliphatic heterocycles. The average molecular weight is 201 g/mol. The number of rotatable bonds is 6. The van der Waals surface area contributed by atoms with Crippen molar-refractivity contribution >= 4 is 0 Å². The van der Waals surface area contributed by atoms with Gasteiger partial charge >= 0.3 is 0 Å². The van der Waals surface area contributed by atoms with Crippen molar-refractivity contribution in [2.45, 2.75) is 32.8 Å². The van der Waals surface area contributed by atoms with Crippen molar-refractivity contribution < 1.29 is 9.47 Å². The monoisotopic (exact) mass is 201 g/mol. The van der Waals surface area contributed by atoms with Crippen molar-refractivity contribution in [1.29, 1.82) is 0 Å². The number of hydrogen-bond acceptors (Lipinski definition) is 3. The minimum absolute atomic E-state index is 0.266. The molecule has 1 unspecified atom stereocenters. The molecule has 0 spiro atoms. The van der Waals surface area contributed by atoms with Gasteiger partial charge in [-0.3, -0.25) is 0 Å². The van der Waals surface area contributed by atoms with Crippen molar-refractivity contribution in [1.82, 2.24) is 5.32 Å². The van der Waals surface area contributed by atoms with E-state index < -0.39 is 0 Å². The number of ether oxygens (including phenoxy) is 2. The maximum Gasteiger partial charge on any atom is 0.0933 e. The van der Waals surface area contributed by atoms with Crippen LogP contribution in [0, 0.1) is 5.92 Å². The van der Waals surface area contributed by atoms with Gasteiger partial charge in [0, 0.05) is 19.7 Å². The van der Waals surface area contributed by atoms with Crippen LogP contribution in [0.4, 0.5) is 0 Å². The van der Waals surface area contributed by atoms with Crippen LogP contribution in [0.3, 0.4) is 0 Å². The van der Waals surface area contributed by atoms with Crippen LogP contribution < -0.4 is 5.32 Å². The van der Waals surface area contributed by atoms with Crippen molar-refractivity contribution in [2.75, 3.05) is 32.9 Å². The quantitative estimate of drug-likeness (QED) is 0.659. The Morgan fingerprint density at radius 3 is 3.00 bits per heavy atom. The maximum absolute atomic E-state index is 5.56. The van der Waals surface area contributed by atoms with Crippen LogP contribution in [0.1, 0.15) is 26.7 Å². The first-order chi connectivity index (χ1) is 6.79. The van der Waals surface area contributed by atoms with E-state index in [0.29, 0.717) is 0 Å². The highest BCUT2D eigenvalue weighted by atomic mass is 16.5. The van der Waals surface area contributed by atoms with E-state index >= 15 is 0 Å². The Bertz CT molecular complexity index is 133. The summed E-state index contributed by atoms with van der Waals surface area (Å²) in [5, 5.41) is 3.29. The smallest absolute Gasteiger partial charge is 0.0933 e. The number of hydrogen-bond donors (Lipinski definition) is 1. The molecule has 1 rings (SSSR count). The van der Waals surface area contributed by atoms with Gasteiger partial charge in [-0.05, 0) is 18.8 Å². The molecular formula is C11H23NO2. The molecule has 14 heavy (non-hydrogen) atoms. The first-order valence-electron chi connectivity index (χ1n) is 5.69. The van der Waals surface area contributed by atoms with Crippen molar-refractivity contribution in [3.63, 3.8) is 0 Å². The molecule has 0 aliphatic carbocycles. The third-order valence-electron chi connectivity index (χ3n) is 2.38. The topological polar surface area (TPSA) is 30.5 Å². The Hall–Kier alpha value is -0.120. The molecule has 0 aromatic carbocycles. The van der Waals surface area contributed by atoms with Gasteiger partial charge in [0.25, 0.3) is 0 Å². The zero-order valence-corrected chi connectivity index (χ0v) is 9.42. The molecule has 1 atom stereocenters. The lowest BCUT2D eigenvalue weighted by molar-refractivity contribution is -0.0321. The SMILES string of the molecule is CC(C)CCCOCC1CNCCO1. The summed E-state index contributed by atoms with van der Waals surface area (Å²) in [4.78, 5) is 0. The van der Waals surface area contributed by atoms with Crippen LogP contribution in [0.15, 0.2) is 0 Å². The van der Waals surface area contributed by atoms with E-state index in [1.807, 2.05) is 0 Å². The summed E-state index contributed by atoms with van der Waals surface area (Å²) in [6, 6.07) is 0. The summed E-state index contributed by atoms with van der Waals surface area (Å²) in [7, 11) is 0. The molecule has 1 saturated heterocycles. The molecular weight excluding hydrogens is 178 g/mol. The lowest BCUT2D eigenvalue weighted by atomic mass is 10.1. The molecule has 1 aliphatic rings. The van der Waals surface area contributed by atoms with Crippen molar-refractivity contribution in [3.8, 4) is 0 Å². The summed E-state index contributed by atoms with van der Waals surface area (Å²) < 4.78 is 11.1. The van der Waals surface area contributed by atoms with Gasteiger partial charge in [0.1, 0.15) is 0 Å². The highest BCUT2D eigenvalue weighted by Gasteiger charge is 2.12. The van der Waals surface area contributed by atoms with Gasteiger partial charge < -0.3 is 14.8 Å². The van der Waals surface area contributed by atoms with Crippen LogP contribution >= 0.6 is 0 Å². The van der Waals surface area contributed by atoms with E-state index in [-0.39, 0.29) is 6.10 Å². The molecule has 0 amide bonds. The standard InChI is InChI=1S/C11H23NO2/c1-10(2)4-3-6-13-9-11-8-12-5-7-14-11/h10-12H,3-9H2,1-2H3. The molecule has 3 heteroatoms. The summed E-state index contributed by atoms with van der Waals surface area (Å²) in [5.74, 6) is 0.784. The van der Waals surface area contributed by atoms with Crippen LogP contribution in [-0.4, -0.2) is 39.0 Å². The normalized spacial score (nSPS) is 22.9. The molecule has 1 heterocycles. The Balaban J connectivity index is 1.87. The van der Waals surface area contributed by atoms with Crippen LogP contribution in [0.2, 0.25) is 0 Å². The summed E-state index contributed by atoms with van der Waals surface area (Å²) in [6.45, 7) is 8.83. The molecule has 3 nitrogen and oxygen atoms in total. The molecule has 1 N–H and O–H groups in total. The summed E-state index contributed by atoms with van der Waals surface area (Å²) in [6.07, 6.45) is 2.68. The lowest BCUT2D eigenvalue weighted by Crippen LogP contribution is -2.41. The van der Waals surface area contributed by atoms with E-state index in [2.05, 4.69) is 19.2 Å². The minimum Gasteiger partial charge on any atom is -0.379 e. The first-order valence-corrected chi connectivity index (χ1v) is 5.69. The molecule has 0 saturated carbocycles. The third kappa shape index (κ3) is 5.58. The third-order valence-corrected chi connectivity index (χ3v) is 2.38. The fourth-order valence-corrected chi connectivity index (χ4v) is 1.54. The molecule has 84 valence electrons. The number of morpholine rings is 1. The van der Waals surface area contributed by atoms with Crippen LogP contribution in [0.25, 0.3) is 0 Å². The van der Waals surface area contributed by atoms with E-state index in [1.165, 1.54) is 6.42 Å². The van der Waals surface area contributed by atoms with Gasteiger partial charge in [-0.1, -0.05) is 13.8 Å². The van der Waals surface area contributed by atoms with Crippen LogP contribution in [0.5, 0.6) is 0 Å². The Kier molecular flexibility index (Phi) is 6.15. The van der Waals surface area contributed by atoms with Crippen molar-refractivity contribution in [2.24, 2.45) is 5.92 Å². The Morgan fingerprint density at radius 1 is 1.50 bits per heavy atom. The van der Waals surface area contributed by atoms with Gasteiger partial charge in [-0.25, -0.2) is 0 Å². The van der Waals surface area contributed by atoms with Gasteiger partial charge in [0.15, 0.2) is 0 Å². The lowest BCUT2D eigenvalue weighted by Gasteiger charge is -2.23. The minimum atomic E-state index is 0.266. The fraction of sp³-hybridized carbons (Fsp3) is 1.00. The second-order valence-corrected chi connectivity index (χ2v) is 4.31. The van der Waals surface area contributed by atoms with Crippen molar-refractivity contribution in [3.05, 3.63) is 0 Å². The predicted octanol–water partition coefficient (Wildman–Crippen LogP) is 1.43. The predicted molar refractivity (Wildman–Crippen MR) is 57.5 cm³/mol. The molecule has 0 radical (unpaired) electrons. The van der Waals surface area contributed by atoms with Gasteiger partial charge in [-0.2, -0.15) is 0 Å². The highest BCUT2D eigenvalue weighted by molar-refractivity contribution is 4.65. The second-order valence-electron chi connectivity index (χ2n) is 4.31. The molecule has 0 aromatic heterocycles. The van der Waals surface area contributed by atoms with Crippen LogP contribution in [-0.2, 0) is 9.47 Å².